The molecule has 6 heteroatoms. The lowest BCUT2D eigenvalue weighted by Crippen LogP contribution is -2.67. The minimum absolute atomic E-state index is 0.114. The van der Waals surface area contributed by atoms with Gasteiger partial charge in [0.05, 0.1) is 6.61 Å². The Morgan fingerprint density at radius 1 is 0.816 bits per heavy atom. The van der Waals surface area contributed by atoms with E-state index in [9.17, 15) is 0 Å². The molecule has 4 atom stereocenters. The third-order valence-electron chi connectivity index (χ3n) is 7.89. The van der Waals surface area contributed by atoms with E-state index in [2.05, 4.69) is 111 Å². The molecule has 6 rings (SSSR count). The van der Waals surface area contributed by atoms with Crippen molar-refractivity contribution in [2.45, 2.75) is 69.9 Å². The zero-order valence-electron chi connectivity index (χ0n) is 22.8. The first-order valence-electron chi connectivity index (χ1n) is 13.5. The Kier molecular flexibility index (Phi) is 6.36. The topological polar surface area (TPSA) is 52.7 Å². The lowest BCUT2D eigenvalue weighted by Gasteiger charge is -2.43. The molecule has 1 N–H and O–H groups in total. The number of hydrogen-bond donors (Lipinski definition) is 1. The summed E-state index contributed by atoms with van der Waals surface area (Å²) >= 11 is 0. The Bertz CT molecular complexity index is 1320. The molecule has 0 spiro atoms. The van der Waals surface area contributed by atoms with E-state index in [1.165, 1.54) is 10.4 Å². The van der Waals surface area contributed by atoms with Crippen molar-refractivity contribution in [2.75, 3.05) is 6.61 Å². The Hall–Kier alpha value is -2.74. The summed E-state index contributed by atoms with van der Waals surface area (Å²) in [5, 5.41) is 3.55. The maximum atomic E-state index is 7.24. The smallest absolute Gasteiger partial charge is 0.261 e. The number of nitrogens with one attached hydrogen (secondary N) is 1. The van der Waals surface area contributed by atoms with Gasteiger partial charge in [0.1, 0.15) is 24.4 Å². The number of benzene rings is 3. The molecule has 2 fully saturated rings. The van der Waals surface area contributed by atoms with Crippen molar-refractivity contribution in [3.63, 3.8) is 0 Å². The molecule has 5 nitrogen and oxygen atoms in total. The van der Waals surface area contributed by atoms with Crippen LogP contribution in [0.5, 0.6) is 0 Å². The van der Waals surface area contributed by atoms with Crippen molar-refractivity contribution in [1.29, 1.82) is 0 Å². The number of rotatable bonds is 6. The van der Waals surface area contributed by atoms with E-state index in [0.29, 0.717) is 6.61 Å². The summed E-state index contributed by atoms with van der Waals surface area (Å²) in [6.07, 6.45) is -0.966. The van der Waals surface area contributed by atoms with Crippen LogP contribution < -0.4 is 10.4 Å². The minimum Gasteiger partial charge on any atom is -0.405 e. The molecule has 3 aromatic carbocycles. The zero-order chi connectivity index (χ0) is 26.5. The van der Waals surface area contributed by atoms with Gasteiger partial charge in [0.25, 0.3) is 8.32 Å². The van der Waals surface area contributed by atoms with Gasteiger partial charge in [-0.2, -0.15) is 0 Å². The molecule has 1 aromatic heterocycles. The van der Waals surface area contributed by atoms with E-state index in [-0.39, 0.29) is 29.5 Å². The highest BCUT2D eigenvalue weighted by molar-refractivity contribution is 6.99. The van der Waals surface area contributed by atoms with Gasteiger partial charge in [0.2, 0.25) is 0 Å². The van der Waals surface area contributed by atoms with Gasteiger partial charge >= 0.3 is 0 Å². The van der Waals surface area contributed by atoms with Crippen molar-refractivity contribution in [3.05, 3.63) is 96.7 Å². The number of ether oxygens (including phenoxy) is 3. The number of aromatic nitrogens is 1. The third kappa shape index (κ3) is 4.34. The Morgan fingerprint density at radius 3 is 2.00 bits per heavy atom. The maximum absolute atomic E-state index is 7.24. The maximum Gasteiger partial charge on any atom is 0.261 e. The molecule has 2 saturated heterocycles. The summed E-state index contributed by atoms with van der Waals surface area (Å²) in [7, 11) is -2.71. The molecule has 38 heavy (non-hydrogen) atoms. The molecule has 0 radical (unpaired) electrons. The molecule has 0 amide bonds. The first kappa shape index (κ1) is 25.5. The van der Waals surface area contributed by atoms with Gasteiger partial charge < -0.3 is 23.6 Å². The average molecular weight is 528 g/mol. The van der Waals surface area contributed by atoms with Crippen molar-refractivity contribution >= 4 is 29.6 Å². The van der Waals surface area contributed by atoms with Crippen molar-refractivity contribution < 1.29 is 18.6 Å². The van der Waals surface area contributed by atoms with Crippen LogP contribution in [-0.4, -0.2) is 44.0 Å². The first-order chi connectivity index (χ1) is 18.2. The van der Waals surface area contributed by atoms with E-state index in [1.807, 2.05) is 19.9 Å². The van der Waals surface area contributed by atoms with Crippen LogP contribution in [0.4, 0.5) is 0 Å². The van der Waals surface area contributed by atoms with E-state index in [4.69, 9.17) is 18.6 Å². The molecule has 2 aliphatic rings. The molecule has 3 heterocycles. The van der Waals surface area contributed by atoms with Crippen molar-refractivity contribution in [2.24, 2.45) is 0 Å². The van der Waals surface area contributed by atoms with Gasteiger partial charge in [-0.15, -0.1) is 0 Å². The second-order valence-corrected chi connectivity index (χ2v) is 16.3. The quantitative estimate of drug-likeness (QED) is 0.327. The summed E-state index contributed by atoms with van der Waals surface area (Å²) in [5.41, 5.74) is 2.10. The Labute approximate surface area is 226 Å². The van der Waals surface area contributed by atoms with E-state index < -0.39 is 14.1 Å². The largest absolute Gasteiger partial charge is 0.405 e. The van der Waals surface area contributed by atoms with Crippen LogP contribution in [0, 0.1) is 0 Å². The summed E-state index contributed by atoms with van der Waals surface area (Å²) in [5.74, 6) is -0.682. The molecule has 0 unspecified atom stereocenters. The van der Waals surface area contributed by atoms with Gasteiger partial charge in [-0.1, -0.05) is 99.6 Å². The van der Waals surface area contributed by atoms with Crippen LogP contribution in [0.1, 0.15) is 46.4 Å². The van der Waals surface area contributed by atoms with Gasteiger partial charge in [-0.05, 0) is 46.8 Å². The molecule has 0 bridgehead atoms. The first-order valence-corrected chi connectivity index (χ1v) is 15.4. The summed E-state index contributed by atoms with van der Waals surface area (Å²) < 4.78 is 26.8. The second-order valence-electron chi connectivity index (χ2n) is 11.9. The standard InChI is InChI=1S/C32H37NO4Si/c1-31(2,3)38(23-15-8-6-9-16-23,24-17-10-7-11-18-24)34-21-27-29-30(37-32(4,5)36-29)28(35-27)26-20-22-14-12-13-19-25(22)33-26/h6-20,27-30,33H,21H2,1-5H3/t27-,28+,29-,30+/m1/s1. The third-order valence-corrected chi connectivity index (χ3v) is 12.9. The number of H-pyrrole nitrogens is 1. The monoisotopic (exact) mass is 527 g/mol. The Balaban J connectivity index is 1.36. The second kappa shape index (κ2) is 9.47. The van der Waals surface area contributed by atoms with E-state index in [0.717, 1.165) is 16.6 Å². The van der Waals surface area contributed by atoms with Gasteiger partial charge in [-0.3, -0.25) is 0 Å². The van der Waals surface area contributed by atoms with Crippen LogP contribution >= 0.6 is 0 Å². The van der Waals surface area contributed by atoms with Crippen LogP contribution in [0.15, 0.2) is 91.0 Å². The molecular weight excluding hydrogens is 490 g/mol. The van der Waals surface area contributed by atoms with Crippen molar-refractivity contribution in [1.82, 2.24) is 4.98 Å². The summed E-state index contributed by atoms with van der Waals surface area (Å²) in [6, 6.07) is 31.9. The summed E-state index contributed by atoms with van der Waals surface area (Å²) in [4.78, 5) is 3.55. The SMILES string of the molecule is CC1(C)O[C@@H]2[C@H](O1)[C@@H](CO[Si](c1ccccc1)(c1ccccc1)C(C)(C)C)O[C@H]2c1cc2ccccc2[nH]1. The van der Waals surface area contributed by atoms with E-state index in [1.54, 1.807) is 0 Å². The van der Waals surface area contributed by atoms with E-state index >= 15 is 0 Å². The molecule has 198 valence electrons. The molecule has 2 aliphatic heterocycles. The minimum atomic E-state index is -2.71. The number of hydrogen-bond acceptors (Lipinski definition) is 4. The highest BCUT2D eigenvalue weighted by Gasteiger charge is 2.57. The fourth-order valence-electron chi connectivity index (χ4n) is 6.28. The number of para-hydroxylation sites is 1. The van der Waals surface area contributed by atoms with Crippen LogP contribution in [-0.2, 0) is 18.6 Å². The lowest BCUT2D eigenvalue weighted by molar-refractivity contribution is -0.190. The fraction of sp³-hybridized carbons (Fsp3) is 0.375. The molecule has 4 aromatic rings. The normalized spacial score (nSPS) is 25.1. The summed E-state index contributed by atoms with van der Waals surface area (Å²) in [6.45, 7) is 11.3. The van der Waals surface area contributed by atoms with Crippen LogP contribution in [0.3, 0.4) is 0 Å². The number of aromatic amines is 1. The fourth-order valence-corrected chi connectivity index (χ4v) is 10.9. The average Bonchev–Trinajstić information content (AvgIpc) is 3.55. The predicted molar refractivity (Wildman–Crippen MR) is 153 cm³/mol. The van der Waals surface area contributed by atoms with Crippen LogP contribution in [0.2, 0.25) is 5.04 Å². The number of fused-ring (bicyclic) bond motifs is 2. The van der Waals surface area contributed by atoms with Gasteiger partial charge in [0, 0.05) is 11.2 Å². The predicted octanol–water partition coefficient (Wildman–Crippen LogP) is 5.70. The van der Waals surface area contributed by atoms with Crippen LogP contribution in [0.25, 0.3) is 10.9 Å². The Morgan fingerprint density at radius 2 is 1.39 bits per heavy atom. The molecular formula is C32H37NO4Si. The molecule has 0 aliphatic carbocycles. The molecule has 0 saturated carbocycles. The highest BCUT2D eigenvalue weighted by Crippen LogP contribution is 2.46. The lowest BCUT2D eigenvalue weighted by atomic mass is 10.1. The van der Waals surface area contributed by atoms with Gasteiger partial charge in [-0.25, -0.2) is 0 Å². The zero-order valence-corrected chi connectivity index (χ0v) is 23.8. The van der Waals surface area contributed by atoms with Crippen molar-refractivity contribution in [3.8, 4) is 0 Å². The highest BCUT2D eigenvalue weighted by atomic mass is 28.4. The van der Waals surface area contributed by atoms with Gasteiger partial charge in [0.15, 0.2) is 5.79 Å².